The molecule has 0 atom stereocenters. The number of carbonyl (C=O) groups is 1. The third-order valence-electron chi connectivity index (χ3n) is 7.73. The number of rotatable bonds is 20. The predicted octanol–water partition coefficient (Wildman–Crippen LogP) is 4.36. The van der Waals surface area contributed by atoms with E-state index in [2.05, 4.69) is 55.2 Å². The Morgan fingerprint density at radius 2 is 1.48 bits per heavy atom. The minimum atomic E-state index is -0.258. The van der Waals surface area contributed by atoms with E-state index in [1.165, 1.54) is 0 Å². The molecule has 0 saturated carbocycles. The first-order valence-corrected chi connectivity index (χ1v) is 16.4. The number of benzene rings is 2. The van der Waals surface area contributed by atoms with Crippen molar-refractivity contribution in [1.29, 1.82) is 0 Å². The van der Waals surface area contributed by atoms with Crippen LogP contribution in [0.1, 0.15) is 40.5 Å². The van der Waals surface area contributed by atoms with Gasteiger partial charge in [-0.1, -0.05) is 12.1 Å². The molecule has 1 heterocycles. The van der Waals surface area contributed by atoms with Crippen molar-refractivity contribution < 1.29 is 19.0 Å². The first-order chi connectivity index (χ1) is 20.9. The Morgan fingerprint density at radius 3 is 2.25 bits per heavy atom. The van der Waals surface area contributed by atoms with Gasteiger partial charge < -0.3 is 34.6 Å². The van der Waals surface area contributed by atoms with Gasteiger partial charge in [0, 0.05) is 59.4 Å². The summed E-state index contributed by atoms with van der Waals surface area (Å²) in [5, 5.41) is 7.39. The molecule has 10 heteroatoms. The van der Waals surface area contributed by atoms with E-state index in [-0.39, 0.29) is 29.1 Å². The van der Waals surface area contributed by atoms with E-state index in [1.807, 2.05) is 44.4 Å². The molecule has 0 aliphatic carbocycles. The van der Waals surface area contributed by atoms with Crippen LogP contribution in [0.4, 0.5) is 0 Å². The van der Waals surface area contributed by atoms with Gasteiger partial charge >= 0.3 is 0 Å². The van der Waals surface area contributed by atoms with E-state index in [1.54, 1.807) is 23.5 Å². The van der Waals surface area contributed by atoms with E-state index < -0.39 is 0 Å². The van der Waals surface area contributed by atoms with Crippen LogP contribution in [-0.2, 0) is 14.3 Å². The molecule has 0 aliphatic rings. The number of nitrogens with one attached hydrogen (secondary N) is 2. The lowest BCUT2D eigenvalue weighted by molar-refractivity contribution is -0.123. The van der Waals surface area contributed by atoms with Gasteiger partial charge in [-0.05, 0) is 92.0 Å². The molecule has 244 valence electrons. The zero-order valence-corrected chi connectivity index (χ0v) is 28.5. The molecule has 2 aromatic carbocycles. The van der Waals surface area contributed by atoms with Gasteiger partial charge in [-0.2, -0.15) is 0 Å². The average Bonchev–Trinajstić information content (AvgIpc) is 2.98. The summed E-state index contributed by atoms with van der Waals surface area (Å²) in [7, 11) is 6.12. The highest BCUT2D eigenvalue weighted by Gasteiger charge is 2.23. The summed E-state index contributed by atoms with van der Waals surface area (Å²) < 4.78 is 19.9. The van der Waals surface area contributed by atoms with Gasteiger partial charge in [-0.3, -0.25) is 9.59 Å². The molecule has 0 spiro atoms. The number of amides is 1. The Morgan fingerprint density at radius 1 is 0.818 bits per heavy atom. The zero-order valence-electron chi connectivity index (χ0n) is 27.7. The van der Waals surface area contributed by atoms with Crippen molar-refractivity contribution in [3.63, 3.8) is 0 Å². The Kier molecular flexibility index (Phi) is 14.0. The average molecular weight is 629 g/mol. The molecule has 0 aliphatic heterocycles. The lowest BCUT2D eigenvalue weighted by Gasteiger charge is -2.31. The number of hydrogen-bond donors (Lipinski definition) is 2. The number of likely N-dealkylation sites (N-methyl/N-ethyl adjacent to an activating group) is 3. The van der Waals surface area contributed by atoms with Crippen LogP contribution < -0.4 is 20.8 Å². The maximum atomic E-state index is 12.9. The fraction of sp³-hybridized carbons (Fsp3) is 0.588. The van der Waals surface area contributed by atoms with Gasteiger partial charge in [0.2, 0.25) is 0 Å². The highest BCUT2D eigenvalue weighted by molar-refractivity contribution is 7.24. The van der Waals surface area contributed by atoms with Crippen molar-refractivity contribution in [2.45, 2.75) is 51.7 Å². The molecule has 1 aromatic heterocycles. The topological polar surface area (TPSA) is 92.4 Å². The van der Waals surface area contributed by atoms with Crippen molar-refractivity contribution in [2.75, 3.05) is 80.2 Å². The van der Waals surface area contributed by atoms with Crippen LogP contribution in [0.3, 0.4) is 0 Å². The Hall–Kier alpha value is -2.60. The van der Waals surface area contributed by atoms with Crippen molar-refractivity contribution in [3.05, 3.63) is 52.7 Å². The first-order valence-electron chi connectivity index (χ1n) is 15.5. The van der Waals surface area contributed by atoms with Gasteiger partial charge in [0.15, 0.2) is 12.0 Å². The van der Waals surface area contributed by atoms with Gasteiger partial charge in [0.1, 0.15) is 5.75 Å². The Balaban J connectivity index is 1.31. The summed E-state index contributed by atoms with van der Waals surface area (Å²) in [4.78, 5) is 29.8. The normalized spacial score (nSPS) is 12.5. The van der Waals surface area contributed by atoms with Crippen molar-refractivity contribution in [3.8, 4) is 5.75 Å². The van der Waals surface area contributed by atoms with Gasteiger partial charge in [-0.25, -0.2) is 0 Å². The Labute approximate surface area is 266 Å². The van der Waals surface area contributed by atoms with Crippen molar-refractivity contribution >= 4 is 37.4 Å². The van der Waals surface area contributed by atoms with Crippen LogP contribution in [0.2, 0.25) is 0 Å². The smallest absolute Gasteiger partial charge is 0.257 e. The van der Waals surface area contributed by atoms with E-state index in [9.17, 15) is 9.59 Å². The third kappa shape index (κ3) is 12.1. The number of ether oxygens (including phenoxy) is 3. The highest BCUT2D eigenvalue weighted by Crippen LogP contribution is 2.27. The molecule has 44 heavy (non-hydrogen) atoms. The maximum Gasteiger partial charge on any atom is 0.257 e. The van der Waals surface area contributed by atoms with Crippen LogP contribution in [-0.4, -0.2) is 107 Å². The van der Waals surface area contributed by atoms with Gasteiger partial charge in [-0.15, -0.1) is 11.3 Å². The van der Waals surface area contributed by atoms with Crippen molar-refractivity contribution in [2.24, 2.45) is 0 Å². The lowest BCUT2D eigenvalue weighted by Crippen LogP contribution is -2.38. The fourth-order valence-corrected chi connectivity index (χ4v) is 5.69. The third-order valence-corrected chi connectivity index (χ3v) is 8.89. The molecule has 2 N–H and O–H groups in total. The van der Waals surface area contributed by atoms with Crippen LogP contribution in [0, 0.1) is 0 Å². The second-order valence-electron chi connectivity index (χ2n) is 12.7. The number of hydrogen-bond acceptors (Lipinski definition) is 9. The summed E-state index contributed by atoms with van der Waals surface area (Å²) in [5.41, 5.74) is -0.513. The first kappa shape index (κ1) is 35.9. The maximum absolute atomic E-state index is 12.9. The Bertz CT molecular complexity index is 1390. The van der Waals surface area contributed by atoms with Crippen LogP contribution >= 0.6 is 11.3 Å². The van der Waals surface area contributed by atoms with Crippen molar-refractivity contribution in [1.82, 2.24) is 20.4 Å². The molecular formula is C34H52N4O5S. The fourth-order valence-electron chi connectivity index (χ4n) is 4.64. The van der Waals surface area contributed by atoms with Gasteiger partial charge in [0.25, 0.3) is 5.91 Å². The molecule has 0 unspecified atom stereocenters. The van der Waals surface area contributed by atoms with E-state index in [4.69, 9.17) is 14.2 Å². The monoisotopic (exact) mass is 628 g/mol. The molecule has 0 bridgehead atoms. The molecule has 1 amide bonds. The molecule has 9 nitrogen and oxygen atoms in total. The number of carbonyl (C=O) groups excluding carboxylic acids is 1. The minimum Gasteiger partial charge on any atom is -0.484 e. The van der Waals surface area contributed by atoms with Gasteiger partial charge in [0.05, 0.1) is 24.4 Å². The molecular weight excluding hydrogens is 576 g/mol. The molecule has 0 fully saturated rings. The number of nitrogens with zero attached hydrogens (tertiary/aromatic N) is 2. The van der Waals surface area contributed by atoms with E-state index in [0.717, 1.165) is 55.0 Å². The zero-order chi connectivity index (χ0) is 32.2. The molecule has 3 aromatic rings. The molecule has 0 saturated heterocycles. The SMILES string of the molecule is CNCCN(C)CCOC(C)(C)CCOC(C)(C)CCN(C)CCNC(=O)COc1ccc2sc3ccccc3c(=O)c2c1. The second-order valence-corrected chi connectivity index (χ2v) is 13.7. The quantitative estimate of drug-likeness (QED) is 0.179. The van der Waals surface area contributed by atoms with E-state index in [0.29, 0.717) is 36.3 Å². The summed E-state index contributed by atoms with van der Waals surface area (Å²) in [6.07, 6.45) is 1.70. The lowest BCUT2D eigenvalue weighted by atomic mass is 10.0. The van der Waals surface area contributed by atoms with Crippen LogP contribution in [0.15, 0.2) is 47.3 Å². The largest absolute Gasteiger partial charge is 0.484 e. The highest BCUT2D eigenvalue weighted by atomic mass is 32.1. The van der Waals surface area contributed by atoms with Crippen LogP contribution in [0.5, 0.6) is 5.75 Å². The second kappa shape index (κ2) is 17.2. The summed E-state index contributed by atoms with van der Waals surface area (Å²) >= 11 is 1.57. The number of fused-ring (bicyclic) bond motifs is 2. The predicted molar refractivity (Wildman–Crippen MR) is 182 cm³/mol. The standard InChI is InChI=1S/C34H52N4O5S/c1-33(2,42-22-15-34(3,4)43-23-21-38(7)19-16-35-5)14-18-37(6)20-17-36-31(39)25-41-26-12-13-30-28(24-26)32(40)27-10-8-9-11-29(27)44-30/h8-13,24,35H,14-23,25H2,1-7H3,(H,36,39). The summed E-state index contributed by atoms with van der Waals surface area (Å²) in [5.74, 6) is 0.314. The van der Waals surface area contributed by atoms with Crippen LogP contribution in [0.25, 0.3) is 20.2 Å². The summed E-state index contributed by atoms with van der Waals surface area (Å²) in [6.45, 7) is 14.7. The molecule has 0 radical (unpaired) electrons. The van der Waals surface area contributed by atoms with E-state index >= 15 is 0 Å². The summed E-state index contributed by atoms with van der Waals surface area (Å²) in [6, 6.07) is 13.0. The minimum absolute atomic E-state index is 0.0197. The molecule has 3 rings (SSSR count).